The van der Waals surface area contributed by atoms with Crippen LogP contribution in [0.1, 0.15) is 13.8 Å². The predicted molar refractivity (Wildman–Crippen MR) is 106 cm³/mol. The van der Waals surface area contributed by atoms with Crippen LogP contribution in [0.25, 0.3) is 0 Å². The Bertz CT molecular complexity index is 283. The highest BCUT2D eigenvalue weighted by Crippen LogP contribution is 2.05. The highest BCUT2D eigenvalue weighted by Gasteiger charge is 2.18. The lowest BCUT2D eigenvalue weighted by Crippen LogP contribution is -2.49. The summed E-state index contributed by atoms with van der Waals surface area (Å²) >= 11 is 1.85. The van der Waals surface area contributed by atoms with Crippen LogP contribution < -0.4 is 10.6 Å². The molecule has 0 radical (unpaired) electrons. The van der Waals surface area contributed by atoms with Crippen molar-refractivity contribution >= 4 is 41.7 Å². The molecule has 5 nitrogen and oxygen atoms in total. The molecule has 2 N–H and O–H groups in total. The molecule has 0 spiro atoms. The summed E-state index contributed by atoms with van der Waals surface area (Å²) < 4.78 is 0. The third-order valence-electron chi connectivity index (χ3n) is 3.62. The van der Waals surface area contributed by atoms with E-state index in [1.54, 1.807) is 0 Å². The first-order valence-corrected chi connectivity index (χ1v) is 9.00. The van der Waals surface area contributed by atoms with E-state index in [1.165, 1.54) is 13.1 Å². The standard InChI is InChI=1S/C14H31N5S.HI/c1-5-15-14(16-6-11-20-4)17-12-13(2)19-9-7-18(3)8-10-19;/h13H,5-12H2,1-4H3,(H2,15,16,17);1H. The molecule has 0 amide bonds. The molecule has 0 saturated carbocycles. The van der Waals surface area contributed by atoms with Crippen LogP contribution in [0.15, 0.2) is 4.99 Å². The van der Waals surface area contributed by atoms with Crippen LogP contribution >= 0.6 is 35.7 Å². The zero-order chi connectivity index (χ0) is 14.8. The average Bonchev–Trinajstić information content (AvgIpc) is 2.45. The van der Waals surface area contributed by atoms with Gasteiger partial charge in [-0.2, -0.15) is 11.8 Å². The molecule has 1 aliphatic rings. The lowest BCUT2D eigenvalue weighted by Gasteiger charge is -2.35. The predicted octanol–water partition coefficient (Wildman–Crippen LogP) is 1.16. The van der Waals surface area contributed by atoms with Gasteiger partial charge >= 0.3 is 0 Å². The molecule has 21 heavy (non-hydrogen) atoms. The van der Waals surface area contributed by atoms with Crippen molar-refractivity contribution in [2.45, 2.75) is 19.9 Å². The fraction of sp³-hybridized carbons (Fsp3) is 0.929. The molecule has 1 unspecified atom stereocenters. The van der Waals surface area contributed by atoms with E-state index in [1.807, 2.05) is 11.8 Å². The molecule has 1 fully saturated rings. The number of hydrogen-bond donors (Lipinski definition) is 2. The second-order valence-corrected chi connectivity index (χ2v) is 6.31. The number of rotatable bonds is 7. The van der Waals surface area contributed by atoms with Crippen LogP contribution in [0.5, 0.6) is 0 Å². The van der Waals surface area contributed by atoms with Crippen molar-refractivity contribution in [1.29, 1.82) is 0 Å². The molecule has 7 heteroatoms. The minimum absolute atomic E-state index is 0. The zero-order valence-corrected chi connectivity index (χ0v) is 17.0. The van der Waals surface area contributed by atoms with E-state index in [9.17, 15) is 0 Å². The summed E-state index contributed by atoms with van der Waals surface area (Å²) in [5.74, 6) is 2.06. The highest BCUT2D eigenvalue weighted by atomic mass is 127. The molecule has 1 atom stereocenters. The van der Waals surface area contributed by atoms with Gasteiger partial charge in [-0.05, 0) is 27.2 Å². The molecule has 0 aromatic carbocycles. The Kier molecular flexibility index (Phi) is 12.9. The van der Waals surface area contributed by atoms with Gasteiger partial charge in [-0.25, -0.2) is 0 Å². The number of piperazine rings is 1. The summed E-state index contributed by atoms with van der Waals surface area (Å²) in [7, 11) is 2.19. The topological polar surface area (TPSA) is 42.9 Å². The molecular formula is C14H32IN5S. The number of likely N-dealkylation sites (N-methyl/N-ethyl adjacent to an activating group) is 1. The Morgan fingerprint density at radius 3 is 2.48 bits per heavy atom. The molecule has 1 aliphatic heterocycles. The third kappa shape index (κ3) is 9.10. The van der Waals surface area contributed by atoms with Crippen LogP contribution in [-0.2, 0) is 0 Å². The molecule has 126 valence electrons. The lowest BCUT2D eigenvalue weighted by atomic mass is 10.2. The summed E-state index contributed by atoms with van der Waals surface area (Å²) in [6.45, 7) is 11.8. The van der Waals surface area contributed by atoms with Crippen LogP contribution in [0.4, 0.5) is 0 Å². The van der Waals surface area contributed by atoms with Gasteiger partial charge in [-0.3, -0.25) is 9.89 Å². The second-order valence-electron chi connectivity index (χ2n) is 5.33. The highest BCUT2D eigenvalue weighted by molar-refractivity contribution is 14.0. The van der Waals surface area contributed by atoms with Crippen molar-refractivity contribution in [1.82, 2.24) is 20.4 Å². The van der Waals surface area contributed by atoms with Gasteiger partial charge in [0.1, 0.15) is 0 Å². The van der Waals surface area contributed by atoms with E-state index in [2.05, 4.69) is 47.6 Å². The van der Waals surface area contributed by atoms with Crippen molar-refractivity contribution in [3.05, 3.63) is 0 Å². The fourth-order valence-electron chi connectivity index (χ4n) is 2.21. The van der Waals surface area contributed by atoms with Gasteiger partial charge in [0.25, 0.3) is 0 Å². The number of nitrogens with zero attached hydrogens (tertiary/aromatic N) is 3. The maximum Gasteiger partial charge on any atom is 0.191 e. The van der Waals surface area contributed by atoms with Gasteiger partial charge in [0.2, 0.25) is 0 Å². The van der Waals surface area contributed by atoms with Crippen LogP contribution in [0, 0.1) is 0 Å². The number of aliphatic imine (C=N–C) groups is 1. The third-order valence-corrected chi connectivity index (χ3v) is 4.23. The van der Waals surface area contributed by atoms with Gasteiger partial charge in [0.15, 0.2) is 5.96 Å². The molecule has 1 rings (SSSR count). The normalized spacial score (nSPS) is 19.0. The minimum atomic E-state index is 0. The fourth-order valence-corrected chi connectivity index (χ4v) is 2.52. The van der Waals surface area contributed by atoms with E-state index in [0.29, 0.717) is 6.04 Å². The van der Waals surface area contributed by atoms with Gasteiger partial charge in [-0.1, -0.05) is 0 Å². The van der Waals surface area contributed by atoms with Gasteiger partial charge < -0.3 is 15.5 Å². The van der Waals surface area contributed by atoms with Crippen LogP contribution in [-0.4, -0.2) is 86.7 Å². The minimum Gasteiger partial charge on any atom is -0.357 e. The van der Waals surface area contributed by atoms with Crippen molar-refractivity contribution < 1.29 is 0 Å². The van der Waals surface area contributed by atoms with Crippen molar-refractivity contribution in [3.63, 3.8) is 0 Å². The van der Waals surface area contributed by atoms with Gasteiger partial charge in [0, 0.05) is 51.1 Å². The van der Waals surface area contributed by atoms with Crippen molar-refractivity contribution in [3.8, 4) is 0 Å². The summed E-state index contributed by atoms with van der Waals surface area (Å²) in [5.41, 5.74) is 0. The van der Waals surface area contributed by atoms with E-state index in [4.69, 9.17) is 4.99 Å². The zero-order valence-electron chi connectivity index (χ0n) is 13.9. The van der Waals surface area contributed by atoms with E-state index in [-0.39, 0.29) is 24.0 Å². The Labute approximate surface area is 151 Å². The first kappa shape index (κ1) is 21.3. The Balaban J connectivity index is 0.00000400. The van der Waals surface area contributed by atoms with E-state index in [0.717, 1.165) is 44.4 Å². The van der Waals surface area contributed by atoms with Crippen molar-refractivity contribution in [2.75, 3.05) is 64.9 Å². The molecular weight excluding hydrogens is 397 g/mol. The lowest BCUT2D eigenvalue weighted by molar-refractivity contribution is 0.122. The summed E-state index contributed by atoms with van der Waals surface area (Å²) in [5, 5.41) is 6.69. The number of thioether (sulfide) groups is 1. The smallest absolute Gasteiger partial charge is 0.191 e. The Morgan fingerprint density at radius 2 is 1.90 bits per heavy atom. The number of hydrogen-bond acceptors (Lipinski definition) is 4. The average molecular weight is 429 g/mol. The second kappa shape index (κ2) is 12.8. The molecule has 0 aromatic heterocycles. The first-order valence-electron chi connectivity index (χ1n) is 7.61. The molecule has 0 aromatic rings. The van der Waals surface area contributed by atoms with E-state index < -0.39 is 0 Å². The number of nitrogens with one attached hydrogen (secondary N) is 2. The molecule has 1 heterocycles. The quantitative estimate of drug-likeness (QED) is 0.275. The molecule has 0 aliphatic carbocycles. The number of halogens is 1. The number of guanidine groups is 1. The van der Waals surface area contributed by atoms with Crippen molar-refractivity contribution in [2.24, 2.45) is 4.99 Å². The summed E-state index contributed by atoms with van der Waals surface area (Å²) in [6, 6.07) is 0.514. The first-order chi connectivity index (χ1) is 9.67. The SMILES string of the molecule is CCNC(=NCC(C)N1CCN(C)CC1)NCCSC.I. The largest absolute Gasteiger partial charge is 0.357 e. The maximum absolute atomic E-state index is 4.71. The van der Waals surface area contributed by atoms with Crippen LogP contribution in [0.2, 0.25) is 0 Å². The molecule has 1 saturated heterocycles. The Hall–Kier alpha value is 0.270. The monoisotopic (exact) mass is 429 g/mol. The summed E-state index contributed by atoms with van der Waals surface area (Å²) in [4.78, 5) is 9.64. The van der Waals surface area contributed by atoms with Gasteiger partial charge in [-0.15, -0.1) is 24.0 Å². The maximum atomic E-state index is 4.71. The van der Waals surface area contributed by atoms with E-state index >= 15 is 0 Å². The Morgan fingerprint density at radius 1 is 1.24 bits per heavy atom. The molecule has 0 bridgehead atoms. The van der Waals surface area contributed by atoms with Gasteiger partial charge in [0.05, 0.1) is 6.54 Å². The summed E-state index contributed by atoms with van der Waals surface area (Å²) in [6.07, 6.45) is 2.13. The van der Waals surface area contributed by atoms with Crippen LogP contribution in [0.3, 0.4) is 0 Å².